The first-order valence-electron chi connectivity index (χ1n) is 4.29. The van der Waals surface area contributed by atoms with Gasteiger partial charge in [-0.2, -0.15) is 0 Å². The Labute approximate surface area is 80.1 Å². The Bertz CT molecular complexity index is 168. The minimum Gasteiger partial charge on any atom is -0.314 e. The maximum atomic E-state index is 5.94. The van der Waals surface area contributed by atoms with Gasteiger partial charge < -0.3 is 5.43 Å². The summed E-state index contributed by atoms with van der Waals surface area (Å²) in [7, 11) is 0. The molecule has 12 heavy (non-hydrogen) atoms. The Hall–Kier alpha value is -0.210. The third-order valence-electron chi connectivity index (χ3n) is 1.80. The number of halogens is 1. The molecule has 3 heteroatoms. The van der Waals surface area contributed by atoms with Crippen molar-refractivity contribution in [1.29, 1.82) is 0 Å². The fraction of sp³-hybridized carbons (Fsp3) is 0.778. The Kier molecular flexibility index (Phi) is 4.64. The standard InChI is InChI=1S/C9H19ClN2/c1-5-6-7(8(10)12-11)9(2,3)4/h12H,5-6,11H2,1-4H3/b8-7+. The fourth-order valence-corrected chi connectivity index (χ4v) is 1.53. The molecule has 0 rings (SSSR count). The fourth-order valence-electron chi connectivity index (χ4n) is 1.15. The minimum absolute atomic E-state index is 0.0967. The summed E-state index contributed by atoms with van der Waals surface area (Å²) in [6, 6.07) is 0. The van der Waals surface area contributed by atoms with Gasteiger partial charge in [-0.1, -0.05) is 45.7 Å². The topological polar surface area (TPSA) is 38.0 Å². The van der Waals surface area contributed by atoms with Gasteiger partial charge in [0.05, 0.1) is 0 Å². The van der Waals surface area contributed by atoms with Crippen LogP contribution in [0, 0.1) is 5.41 Å². The van der Waals surface area contributed by atoms with Crippen molar-refractivity contribution in [2.24, 2.45) is 11.3 Å². The first kappa shape index (κ1) is 11.8. The Morgan fingerprint density at radius 2 is 1.92 bits per heavy atom. The van der Waals surface area contributed by atoms with E-state index in [4.69, 9.17) is 17.4 Å². The lowest BCUT2D eigenvalue weighted by Crippen LogP contribution is -2.23. The molecule has 0 fully saturated rings. The van der Waals surface area contributed by atoms with Crippen LogP contribution in [0.1, 0.15) is 40.5 Å². The highest BCUT2D eigenvalue weighted by molar-refractivity contribution is 6.29. The van der Waals surface area contributed by atoms with Crippen molar-refractivity contribution in [3.8, 4) is 0 Å². The van der Waals surface area contributed by atoms with Crippen molar-refractivity contribution in [2.45, 2.75) is 40.5 Å². The summed E-state index contributed by atoms with van der Waals surface area (Å²) in [4.78, 5) is 0. The number of allylic oxidation sites excluding steroid dienone is 1. The van der Waals surface area contributed by atoms with Gasteiger partial charge in [-0.15, -0.1) is 0 Å². The molecular formula is C9H19ClN2. The number of hydrazine groups is 1. The van der Waals surface area contributed by atoms with E-state index in [1.165, 1.54) is 5.57 Å². The molecule has 0 aromatic carbocycles. The predicted octanol–water partition coefficient (Wildman–Crippen LogP) is 2.75. The van der Waals surface area contributed by atoms with Crippen LogP contribution in [0.25, 0.3) is 0 Å². The van der Waals surface area contributed by atoms with E-state index in [0.29, 0.717) is 5.16 Å². The summed E-state index contributed by atoms with van der Waals surface area (Å²) in [5, 5.41) is 0.587. The molecule has 0 saturated heterocycles. The molecule has 0 aromatic rings. The van der Waals surface area contributed by atoms with Gasteiger partial charge >= 0.3 is 0 Å². The quantitative estimate of drug-likeness (QED) is 0.408. The highest BCUT2D eigenvalue weighted by Gasteiger charge is 2.19. The van der Waals surface area contributed by atoms with Crippen LogP contribution in [0.4, 0.5) is 0 Å². The molecule has 0 amide bonds. The van der Waals surface area contributed by atoms with E-state index in [1.54, 1.807) is 0 Å². The molecule has 72 valence electrons. The van der Waals surface area contributed by atoms with Crippen LogP contribution in [-0.4, -0.2) is 0 Å². The van der Waals surface area contributed by atoms with E-state index in [0.717, 1.165) is 12.8 Å². The van der Waals surface area contributed by atoms with Crippen molar-refractivity contribution >= 4 is 11.6 Å². The number of nitrogens with one attached hydrogen (secondary N) is 1. The number of hydrogen-bond donors (Lipinski definition) is 2. The molecule has 0 aromatic heterocycles. The van der Waals surface area contributed by atoms with E-state index in [1.807, 2.05) is 0 Å². The van der Waals surface area contributed by atoms with Gasteiger partial charge in [0.25, 0.3) is 0 Å². The largest absolute Gasteiger partial charge is 0.314 e. The van der Waals surface area contributed by atoms with Crippen LogP contribution in [0.5, 0.6) is 0 Å². The van der Waals surface area contributed by atoms with Gasteiger partial charge in [0.1, 0.15) is 5.16 Å². The zero-order valence-corrected chi connectivity index (χ0v) is 9.13. The zero-order chi connectivity index (χ0) is 9.78. The highest BCUT2D eigenvalue weighted by Crippen LogP contribution is 2.31. The second kappa shape index (κ2) is 4.73. The lowest BCUT2D eigenvalue weighted by atomic mass is 9.84. The average Bonchev–Trinajstić information content (AvgIpc) is 1.96. The third kappa shape index (κ3) is 3.46. The molecule has 0 saturated carbocycles. The van der Waals surface area contributed by atoms with Gasteiger partial charge in [0.2, 0.25) is 0 Å². The van der Waals surface area contributed by atoms with Gasteiger partial charge in [-0.25, -0.2) is 5.84 Å². The molecule has 2 nitrogen and oxygen atoms in total. The molecule has 0 aliphatic rings. The van der Waals surface area contributed by atoms with Gasteiger partial charge in [-0.3, -0.25) is 0 Å². The first-order valence-corrected chi connectivity index (χ1v) is 4.67. The number of nitrogens with two attached hydrogens (primary N) is 1. The molecule has 0 unspecified atom stereocenters. The smallest absolute Gasteiger partial charge is 0.115 e. The summed E-state index contributed by atoms with van der Waals surface area (Å²) in [5.41, 5.74) is 3.79. The van der Waals surface area contributed by atoms with Gasteiger partial charge in [0, 0.05) is 0 Å². The normalized spacial score (nSPS) is 14.2. The van der Waals surface area contributed by atoms with Gasteiger partial charge in [-0.05, 0) is 17.4 Å². The molecule has 3 N–H and O–H groups in total. The van der Waals surface area contributed by atoms with E-state index >= 15 is 0 Å². The molecule has 0 bridgehead atoms. The van der Waals surface area contributed by atoms with Gasteiger partial charge in [0.15, 0.2) is 0 Å². The van der Waals surface area contributed by atoms with Crippen LogP contribution in [0.15, 0.2) is 10.7 Å². The van der Waals surface area contributed by atoms with E-state index < -0.39 is 0 Å². The number of hydrogen-bond acceptors (Lipinski definition) is 2. The van der Waals surface area contributed by atoms with Crippen molar-refractivity contribution in [3.05, 3.63) is 10.7 Å². The lowest BCUT2D eigenvalue weighted by Gasteiger charge is -2.24. The Morgan fingerprint density at radius 3 is 2.17 bits per heavy atom. The Balaban J connectivity index is 4.66. The minimum atomic E-state index is 0.0967. The van der Waals surface area contributed by atoms with Crippen molar-refractivity contribution in [1.82, 2.24) is 5.43 Å². The number of rotatable bonds is 3. The lowest BCUT2D eigenvalue weighted by molar-refractivity contribution is 0.473. The average molecular weight is 191 g/mol. The van der Waals surface area contributed by atoms with Crippen LogP contribution in [-0.2, 0) is 0 Å². The predicted molar refractivity (Wildman–Crippen MR) is 54.6 cm³/mol. The summed E-state index contributed by atoms with van der Waals surface area (Å²) in [6.45, 7) is 8.54. The van der Waals surface area contributed by atoms with Crippen molar-refractivity contribution in [3.63, 3.8) is 0 Å². The van der Waals surface area contributed by atoms with E-state index in [9.17, 15) is 0 Å². The highest BCUT2D eigenvalue weighted by atomic mass is 35.5. The summed E-state index contributed by atoms with van der Waals surface area (Å²) < 4.78 is 0. The summed E-state index contributed by atoms with van der Waals surface area (Å²) in [6.07, 6.45) is 2.08. The Morgan fingerprint density at radius 1 is 1.42 bits per heavy atom. The SMILES string of the molecule is CCC/C(=C(/Cl)NN)C(C)(C)C. The maximum absolute atomic E-state index is 5.94. The molecule has 0 aliphatic carbocycles. The molecule has 0 heterocycles. The van der Waals surface area contributed by atoms with E-state index in [2.05, 4.69) is 33.1 Å². The van der Waals surface area contributed by atoms with Crippen molar-refractivity contribution in [2.75, 3.05) is 0 Å². The monoisotopic (exact) mass is 190 g/mol. The first-order chi connectivity index (χ1) is 5.43. The summed E-state index contributed by atoms with van der Waals surface area (Å²) >= 11 is 5.94. The zero-order valence-electron chi connectivity index (χ0n) is 8.37. The molecule has 0 radical (unpaired) electrons. The summed E-state index contributed by atoms with van der Waals surface area (Å²) in [5.74, 6) is 5.26. The second-order valence-electron chi connectivity index (χ2n) is 3.94. The molecule has 0 aliphatic heterocycles. The maximum Gasteiger partial charge on any atom is 0.115 e. The third-order valence-corrected chi connectivity index (χ3v) is 2.13. The molecular weight excluding hydrogens is 172 g/mol. The second-order valence-corrected chi connectivity index (χ2v) is 4.31. The molecule has 0 atom stereocenters. The van der Waals surface area contributed by atoms with Crippen LogP contribution >= 0.6 is 11.6 Å². The van der Waals surface area contributed by atoms with Crippen molar-refractivity contribution < 1.29 is 0 Å². The van der Waals surface area contributed by atoms with E-state index in [-0.39, 0.29) is 5.41 Å². The van der Waals surface area contributed by atoms with Crippen LogP contribution < -0.4 is 11.3 Å². The van der Waals surface area contributed by atoms with Crippen LogP contribution in [0.3, 0.4) is 0 Å². The van der Waals surface area contributed by atoms with Crippen LogP contribution in [0.2, 0.25) is 0 Å². The molecule has 0 spiro atoms.